The van der Waals surface area contributed by atoms with Gasteiger partial charge in [0.25, 0.3) is 5.91 Å². The molecule has 1 aromatic heterocycles. The van der Waals surface area contributed by atoms with Crippen LogP contribution in [0, 0.1) is 5.82 Å². The Balaban J connectivity index is 1.50. The number of amides is 2. The lowest BCUT2D eigenvalue weighted by Gasteiger charge is -2.14. The van der Waals surface area contributed by atoms with Crippen molar-refractivity contribution in [2.24, 2.45) is 0 Å². The molecule has 2 N–H and O–H groups in total. The Labute approximate surface area is 228 Å². The Morgan fingerprint density at radius 2 is 1.59 bits per heavy atom. The maximum absolute atomic E-state index is 13.1. The molecular weight excluding hydrogens is 525 g/mol. The molecule has 0 unspecified atom stereocenters. The SMILES string of the molecule is COc1cc(C(=O)NCc2nnc(SCC(=O)Nc3ccc(F)cc3)n2-c2ccccc2)cc(OC)c1OC. The number of thioether (sulfide) groups is 1. The molecule has 4 aromatic rings. The van der Waals surface area contributed by atoms with Crippen LogP contribution in [0.1, 0.15) is 16.2 Å². The minimum absolute atomic E-state index is 0.0418. The van der Waals surface area contributed by atoms with E-state index in [4.69, 9.17) is 14.2 Å². The quantitative estimate of drug-likeness (QED) is 0.268. The maximum Gasteiger partial charge on any atom is 0.251 e. The van der Waals surface area contributed by atoms with Gasteiger partial charge in [0, 0.05) is 16.9 Å². The monoisotopic (exact) mass is 551 g/mol. The molecule has 0 atom stereocenters. The molecule has 0 fully saturated rings. The average Bonchev–Trinajstić information content (AvgIpc) is 3.38. The van der Waals surface area contributed by atoms with Crippen LogP contribution < -0.4 is 24.8 Å². The lowest BCUT2D eigenvalue weighted by molar-refractivity contribution is -0.113. The summed E-state index contributed by atoms with van der Waals surface area (Å²) in [5, 5.41) is 14.5. The second-order valence-corrected chi connectivity index (χ2v) is 8.95. The Hall–Kier alpha value is -4.58. The van der Waals surface area contributed by atoms with Crippen LogP contribution in [0.5, 0.6) is 17.2 Å². The average molecular weight is 552 g/mol. The number of carbonyl (C=O) groups is 2. The standard InChI is InChI=1S/C27H26FN5O5S/c1-36-21-13-17(14-22(37-2)25(21)38-3)26(35)29-15-23-31-32-27(33(23)20-7-5-4-6-8-20)39-16-24(34)30-19-11-9-18(28)10-12-19/h4-14H,15-16H2,1-3H3,(H,29,35)(H,30,34). The van der Waals surface area contributed by atoms with Crippen LogP contribution in [-0.4, -0.2) is 53.7 Å². The van der Waals surface area contributed by atoms with Crippen LogP contribution in [0.4, 0.5) is 10.1 Å². The van der Waals surface area contributed by atoms with Crippen molar-refractivity contribution in [1.29, 1.82) is 0 Å². The third kappa shape index (κ3) is 6.65. The van der Waals surface area contributed by atoms with Gasteiger partial charge in [0.05, 0.1) is 33.6 Å². The fourth-order valence-electron chi connectivity index (χ4n) is 3.68. The first-order valence-electron chi connectivity index (χ1n) is 11.7. The van der Waals surface area contributed by atoms with Gasteiger partial charge in [-0.25, -0.2) is 4.39 Å². The number of carbonyl (C=O) groups excluding carboxylic acids is 2. The third-order valence-electron chi connectivity index (χ3n) is 5.51. The normalized spacial score (nSPS) is 10.6. The number of benzene rings is 3. The van der Waals surface area contributed by atoms with Crippen LogP contribution in [0.25, 0.3) is 5.69 Å². The van der Waals surface area contributed by atoms with Gasteiger partial charge in [-0.15, -0.1) is 10.2 Å². The lowest BCUT2D eigenvalue weighted by atomic mass is 10.1. The van der Waals surface area contributed by atoms with Crippen molar-refractivity contribution in [2.45, 2.75) is 11.7 Å². The van der Waals surface area contributed by atoms with Gasteiger partial charge >= 0.3 is 0 Å². The van der Waals surface area contributed by atoms with E-state index in [0.29, 0.717) is 39.5 Å². The first kappa shape index (κ1) is 27.5. The van der Waals surface area contributed by atoms with Crippen LogP contribution in [0.15, 0.2) is 71.9 Å². The highest BCUT2D eigenvalue weighted by Crippen LogP contribution is 2.38. The van der Waals surface area contributed by atoms with Gasteiger partial charge in [0.2, 0.25) is 11.7 Å². The third-order valence-corrected chi connectivity index (χ3v) is 6.44. The van der Waals surface area contributed by atoms with E-state index in [-0.39, 0.29) is 29.9 Å². The number of rotatable bonds is 11. The summed E-state index contributed by atoms with van der Waals surface area (Å²) in [6, 6.07) is 18.0. The molecule has 4 rings (SSSR count). The molecule has 0 radical (unpaired) electrons. The molecule has 0 aliphatic rings. The summed E-state index contributed by atoms with van der Waals surface area (Å²) in [7, 11) is 4.43. The largest absolute Gasteiger partial charge is 0.493 e. The summed E-state index contributed by atoms with van der Waals surface area (Å²) >= 11 is 1.18. The van der Waals surface area contributed by atoms with Gasteiger partial charge < -0.3 is 24.8 Å². The zero-order chi connectivity index (χ0) is 27.8. The van der Waals surface area contributed by atoms with E-state index in [1.165, 1.54) is 57.4 Å². The summed E-state index contributed by atoms with van der Waals surface area (Å²) in [6.07, 6.45) is 0. The Morgan fingerprint density at radius 3 is 2.21 bits per heavy atom. The Kier molecular flexibility index (Phi) is 9.00. The van der Waals surface area contributed by atoms with Gasteiger partial charge in [0.15, 0.2) is 22.5 Å². The lowest BCUT2D eigenvalue weighted by Crippen LogP contribution is -2.25. The zero-order valence-corrected chi connectivity index (χ0v) is 22.3. The molecule has 12 heteroatoms. The number of halogens is 1. The van der Waals surface area contributed by atoms with Crippen molar-refractivity contribution >= 4 is 29.3 Å². The molecule has 0 aliphatic carbocycles. The number of nitrogens with zero attached hydrogens (tertiary/aromatic N) is 3. The van der Waals surface area contributed by atoms with Crippen LogP contribution >= 0.6 is 11.8 Å². The van der Waals surface area contributed by atoms with E-state index in [1.807, 2.05) is 30.3 Å². The first-order valence-corrected chi connectivity index (χ1v) is 12.7. The highest BCUT2D eigenvalue weighted by atomic mass is 32.2. The molecular formula is C27H26FN5O5S. The van der Waals surface area contributed by atoms with Crippen molar-refractivity contribution in [3.63, 3.8) is 0 Å². The van der Waals surface area contributed by atoms with Crippen molar-refractivity contribution in [1.82, 2.24) is 20.1 Å². The van der Waals surface area contributed by atoms with Crippen LogP contribution in [0.3, 0.4) is 0 Å². The fraction of sp³-hybridized carbons (Fsp3) is 0.185. The van der Waals surface area contributed by atoms with Gasteiger partial charge in [-0.05, 0) is 48.5 Å². The second-order valence-electron chi connectivity index (χ2n) is 8.01. The van der Waals surface area contributed by atoms with Gasteiger partial charge in [-0.3, -0.25) is 14.2 Å². The smallest absolute Gasteiger partial charge is 0.251 e. The number of hydrogen-bond acceptors (Lipinski definition) is 8. The number of hydrogen-bond donors (Lipinski definition) is 2. The number of para-hydroxylation sites is 1. The molecule has 10 nitrogen and oxygen atoms in total. The molecule has 0 bridgehead atoms. The van der Waals surface area contributed by atoms with Crippen LogP contribution in [-0.2, 0) is 11.3 Å². The Bertz CT molecular complexity index is 1420. The molecule has 2 amide bonds. The minimum atomic E-state index is -0.386. The summed E-state index contributed by atoms with van der Waals surface area (Å²) in [4.78, 5) is 25.5. The summed E-state index contributed by atoms with van der Waals surface area (Å²) < 4.78 is 30.9. The number of aromatic nitrogens is 3. The minimum Gasteiger partial charge on any atom is -0.493 e. The first-order chi connectivity index (χ1) is 18.9. The second kappa shape index (κ2) is 12.8. The van der Waals surface area contributed by atoms with E-state index in [2.05, 4.69) is 20.8 Å². The summed E-state index contributed by atoms with van der Waals surface area (Å²) in [5.74, 6) is 0.535. The molecule has 1 heterocycles. The number of methoxy groups -OCH3 is 3. The van der Waals surface area contributed by atoms with E-state index in [1.54, 1.807) is 16.7 Å². The van der Waals surface area contributed by atoms with Crippen molar-refractivity contribution < 1.29 is 28.2 Å². The van der Waals surface area contributed by atoms with Gasteiger partial charge in [-0.1, -0.05) is 30.0 Å². The number of nitrogens with one attached hydrogen (secondary N) is 2. The van der Waals surface area contributed by atoms with E-state index in [0.717, 1.165) is 5.69 Å². The maximum atomic E-state index is 13.1. The highest BCUT2D eigenvalue weighted by molar-refractivity contribution is 7.99. The molecule has 202 valence electrons. The molecule has 3 aromatic carbocycles. The van der Waals surface area contributed by atoms with Crippen molar-refractivity contribution in [3.8, 4) is 22.9 Å². The molecule has 0 saturated heterocycles. The predicted octanol–water partition coefficient (Wildman–Crippen LogP) is 4.09. The van der Waals surface area contributed by atoms with Gasteiger partial charge in [0.1, 0.15) is 5.82 Å². The molecule has 0 saturated carbocycles. The van der Waals surface area contributed by atoms with Crippen molar-refractivity contribution in [3.05, 3.63) is 83.9 Å². The van der Waals surface area contributed by atoms with Gasteiger partial charge in [-0.2, -0.15) is 0 Å². The van der Waals surface area contributed by atoms with E-state index in [9.17, 15) is 14.0 Å². The highest BCUT2D eigenvalue weighted by Gasteiger charge is 2.20. The number of ether oxygens (including phenoxy) is 3. The van der Waals surface area contributed by atoms with Crippen molar-refractivity contribution in [2.75, 3.05) is 32.4 Å². The van der Waals surface area contributed by atoms with E-state index >= 15 is 0 Å². The van der Waals surface area contributed by atoms with Crippen LogP contribution in [0.2, 0.25) is 0 Å². The molecule has 0 aliphatic heterocycles. The molecule has 39 heavy (non-hydrogen) atoms. The molecule has 0 spiro atoms. The Morgan fingerprint density at radius 1 is 0.923 bits per heavy atom. The zero-order valence-electron chi connectivity index (χ0n) is 21.4. The predicted molar refractivity (Wildman–Crippen MR) is 144 cm³/mol. The fourth-order valence-corrected chi connectivity index (χ4v) is 4.45. The summed E-state index contributed by atoms with van der Waals surface area (Å²) in [5.41, 5.74) is 1.56. The topological polar surface area (TPSA) is 117 Å². The summed E-state index contributed by atoms with van der Waals surface area (Å²) in [6.45, 7) is 0.0553. The number of anilines is 1. The van der Waals surface area contributed by atoms with E-state index < -0.39 is 0 Å².